The SMILES string of the molecule is CCN=C(NC1CCN(CC(=O)N(C)C)CC1)NC1CC1c1ccccc1. The molecule has 2 atom stereocenters. The quantitative estimate of drug-likeness (QED) is 0.590. The van der Waals surface area contributed by atoms with Crippen LogP contribution in [0.25, 0.3) is 0 Å². The number of carbonyl (C=O) groups is 1. The molecule has 1 aromatic carbocycles. The molecule has 27 heavy (non-hydrogen) atoms. The van der Waals surface area contributed by atoms with Crippen molar-refractivity contribution in [3.8, 4) is 0 Å². The number of guanidine groups is 1. The molecular weight excluding hydrogens is 338 g/mol. The van der Waals surface area contributed by atoms with E-state index in [4.69, 9.17) is 0 Å². The largest absolute Gasteiger partial charge is 0.354 e. The predicted octanol–water partition coefficient (Wildman–Crippen LogP) is 1.65. The summed E-state index contributed by atoms with van der Waals surface area (Å²) < 4.78 is 0. The summed E-state index contributed by atoms with van der Waals surface area (Å²) in [5, 5.41) is 7.22. The molecule has 0 spiro atoms. The zero-order chi connectivity index (χ0) is 19.2. The summed E-state index contributed by atoms with van der Waals surface area (Å²) in [7, 11) is 3.63. The van der Waals surface area contributed by atoms with Crippen molar-refractivity contribution in [3.05, 3.63) is 35.9 Å². The molecule has 0 bridgehead atoms. The zero-order valence-corrected chi connectivity index (χ0v) is 16.8. The van der Waals surface area contributed by atoms with Crippen LogP contribution in [0.4, 0.5) is 0 Å². The van der Waals surface area contributed by atoms with Crippen molar-refractivity contribution in [2.75, 3.05) is 40.3 Å². The Hall–Kier alpha value is -2.08. The maximum absolute atomic E-state index is 11.9. The van der Waals surface area contributed by atoms with E-state index >= 15 is 0 Å². The van der Waals surface area contributed by atoms with E-state index in [2.05, 4.69) is 57.8 Å². The third-order valence-corrected chi connectivity index (χ3v) is 5.44. The summed E-state index contributed by atoms with van der Waals surface area (Å²) in [6, 6.07) is 11.6. The number of hydrogen-bond acceptors (Lipinski definition) is 3. The molecule has 1 aliphatic heterocycles. The van der Waals surface area contributed by atoms with Crippen LogP contribution in [0.1, 0.15) is 37.7 Å². The van der Waals surface area contributed by atoms with Crippen molar-refractivity contribution in [3.63, 3.8) is 0 Å². The monoisotopic (exact) mass is 371 g/mol. The van der Waals surface area contributed by atoms with Gasteiger partial charge in [-0.2, -0.15) is 0 Å². The van der Waals surface area contributed by atoms with Gasteiger partial charge in [-0.3, -0.25) is 14.7 Å². The average molecular weight is 372 g/mol. The van der Waals surface area contributed by atoms with Gasteiger partial charge in [-0.15, -0.1) is 0 Å². The van der Waals surface area contributed by atoms with E-state index in [1.807, 2.05) is 14.1 Å². The van der Waals surface area contributed by atoms with Crippen LogP contribution in [0.2, 0.25) is 0 Å². The smallest absolute Gasteiger partial charge is 0.236 e. The lowest BCUT2D eigenvalue weighted by Crippen LogP contribution is -2.50. The van der Waals surface area contributed by atoms with Crippen LogP contribution in [0.5, 0.6) is 0 Å². The van der Waals surface area contributed by atoms with Crippen molar-refractivity contribution >= 4 is 11.9 Å². The summed E-state index contributed by atoms with van der Waals surface area (Å²) >= 11 is 0. The zero-order valence-electron chi connectivity index (χ0n) is 16.8. The van der Waals surface area contributed by atoms with Gasteiger partial charge in [-0.05, 0) is 31.7 Å². The average Bonchev–Trinajstić information content (AvgIpc) is 3.43. The van der Waals surface area contributed by atoms with Gasteiger partial charge in [0.2, 0.25) is 5.91 Å². The topological polar surface area (TPSA) is 60.0 Å². The lowest BCUT2D eigenvalue weighted by molar-refractivity contribution is -0.130. The molecule has 2 aliphatic rings. The number of piperidine rings is 1. The Kier molecular flexibility index (Phi) is 6.72. The molecule has 2 N–H and O–H groups in total. The Morgan fingerprint density at radius 3 is 2.52 bits per heavy atom. The van der Waals surface area contributed by atoms with Gasteiger partial charge < -0.3 is 15.5 Å². The van der Waals surface area contributed by atoms with Gasteiger partial charge in [0.25, 0.3) is 0 Å². The highest BCUT2D eigenvalue weighted by Gasteiger charge is 2.39. The van der Waals surface area contributed by atoms with E-state index in [1.54, 1.807) is 4.90 Å². The van der Waals surface area contributed by atoms with E-state index in [-0.39, 0.29) is 5.91 Å². The van der Waals surface area contributed by atoms with Crippen molar-refractivity contribution in [2.45, 2.75) is 44.2 Å². The molecule has 1 aliphatic carbocycles. The molecule has 0 aromatic heterocycles. The molecule has 1 aromatic rings. The minimum atomic E-state index is 0.178. The number of nitrogens with zero attached hydrogens (tertiary/aromatic N) is 3. The second-order valence-electron chi connectivity index (χ2n) is 7.81. The number of hydrogen-bond donors (Lipinski definition) is 2. The first kappa shape index (κ1) is 19.7. The standard InChI is InChI=1S/C21H33N5O/c1-4-22-21(24-19-14-18(19)16-8-6-5-7-9-16)23-17-10-12-26(13-11-17)15-20(27)25(2)3/h5-9,17-19H,4,10-15H2,1-3H3,(H2,22,23,24). The third kappa shape index (κ3) is 5.70. The van der Waals surface area contributed by atoms with Crippen LogP contribution in [-0.4, -0.2) is 74.0 Å². The fourth-order valence-electron chi connectivity index (χ4n) is 3.65. The fourth-order valence-corrected chi connectivity index (χ4v) is 3.65. The normalized spacial score (nSPS) is 23.7. The van der Waals surface area contributed by atoms with Gasteiger partial charge in [-0.1, -0.05) is 30.3 Å². The van der Waals surface area contributed by atoms with E-state index in [0.717, 1.165) is 38.4 Å². The van der Waals surface area contributed by atoms with Gasteiger partial charge in [0.15, 0.2) is 5.96 Å². The van der Waals surface area contributed by atoms with Crippen LogP contribution in [0.15, 0.2) is 35.3 Å². The Bertz CT molecular complexity index is 637. The van der Waals surface area contributed by atoms with Gasteiger partial charge >= 0.3 is 0 Å². The summed E-state index contributed by atoms with van der Waals surface area (Å²) in [5.74, 6) is 1.70. The molecule has 1 saturated carbocycles. The second-order valence-corrected chi connectivity index (χ2v) is 7.81. The van der Waals surface area contributed by atoms with Crippen LogP contribution in [0.3, 0.4) is 0 Å². The molecule has 148 valence electrons. The van der Waals surface area contributed by atoms with Crippen molar-refractivity contribution in [1.82, 2.24) is 20.4 Å². The molecule has 6 nitrogen and oxygen atoms in total. The Morgan fingerprint density at radius 2 is 1.89 bits per heavy atom. The fraction of sp³-hybridized carbons (Fsp3) is 0.619. The third-order valence-electron chi connectivity index (χ3n) is 5.44. The number of rotatable bonds is 6. The van der Waals surface area contributed by atoms with Crippen molar-refractivity contribution in [2.24, 2.45) is 4.99 Å². The molecule has 2 unspecified atom stereocenters. The number of carbonyl (C=O) groups excluding carboxylic acids is 1. The maximum atomic E-state index is 11.9. The van der Waals surface area contributed by atoms with E-state index in [1.165, 1.54) is 12.0 Å². The van der Waals surface area contributed by atoms with Gasteiger partial charge in [0, 0.05) is 51.7 Å². The number of amides is 1. The molecule has 2 fully saturated rings. The summed E-state index contributed by atoms with van der Waals surface area (Å²) in [4.78, 5) is 20.4. The number of nitrogens with one attached hydrogen (secondary N) is 2. The first-order valence-electron chi connectivity index (χ1n) is 10.1. The minimum Gasteiger partial charge on any atom is -0.354 e. The van der Waals surface area contributed by atoms with Gasteiger partial charge in [-0.25, -0.2) is 0 Å². The van der Waals surface area contributed by atoms with Crippen LogP contribution in [0, 0.1) is 0 Å². The Labute approximate surface area is 163 Å². The van der Waals surface area contributed by atoms with E-state index in [9.17, 15) is 4.79 Å². The second kappa shape index (κ2) is 9.22. The number of likely N-dealkylation sites (tertiary alicyclic amines) is 1. The first-order chi connectivity index (χ1) is 13.1. The number of aliphatic imine (C=N–C) groups is 1. The van der Waals surface area contributed by atoms with Gasteiger partial charge in [0.05, 0.1) is 6.54 Å². The van der Waals surface area contributed by atoms with Crippen LogP contribution >= 0.6 is 0 Å². The van der Waals surface area contributed by atoms with Gasteiger partial charge in [0.1, 0.15) is 0 Å². The lowest BCUT2D eigenvalue weighted by Gasteiger charge is -2.33. The molecule has 1 amide bonds. The summed E-state index contributed by atoms with van der Waals surface area (Å²) in [6.45, 7) is 5.27. The summed E-state index contributed by atoms with van der Waals surface area (Å²) in [5.41, 5.74) is 1.41. The highest BCUT2D eigenvalue weighted by Crippen LogP contribution is 2.40. The maximum Gasteiger partial charge on any atom is 0.236 e. The van der Waals surface area contributed by atoms with Crippen molar-refractivity contribution in [1.29, 1.82) is 0 Å². The highest BCUT2D eigenvalue weighted by atomic mass is 16.2. The Balaban J connectivity index is 1.44. The molecule has 0 radical (unpaired) electrons. The van der Waals surface area contributed by atoms with Crippen LogP contribution in [-0.2, 0) is 4.79 Å². The minimum absolute atomic E-state index is 0.178. The number of likely N-dealkylation sites (N-methyl/N-ethyl adjacent to an activating group) is 1. The lowest BCUT2D eigenvalue weighted by atomic mass is 10.1. The number of benzene rings is 1. The first-order valence-corrected chi connectivity index (χ1v) is 10.1. The molecular formula is C21H33N5O. The van der Waals surface area contributed by atoms with Crippen LogP contribution < -0.4 is 10.6 Å². The van der Waals surface area contributed by atoms with E-state index < -0.39 is 0 Å². The highest BCUT2D eigenvalue weighted by molar-refractivity contribution is 5.81. The molecule has 1 heterocycles. The molecule has 6 heteroatoms. The Morgan fingerprint density at radius 1 is 1.19 bits per heavy atom. The van der Waals surface area contributed by atoms with Crippen molar-refractivity contribution < 1.29 is 4.79 Å². The summed E-state index contributed by atoms with van der Waals surface area (Å²) in [6.07, 6.45) is 3.25. The van der Waals surface area contributed by atoms with E-state index in [0.29, 0.717) is 24.5 Å². The molecule has 3 rings (SSSR count). The molecule has 1 saturated heterocycles. The predicted molar refractivity (Wildman–Crippen MR) is 110 cm³/mol.